The van der Waals surface area contributed by atoms with Crippen LogP contribution in [0.5, 0.6) is 0 Å². The van der Waals surface area contributed by atoms with Crippen LogP contribution in [0.2, 0.25) is 0 Å². The summed E-state index contributed by atoms with van der Waals surface area (Å²) in [5.41, 5.74) is 4.74. The van der Waals surface area contributed by atoms with E-state index in [0.717, 1.165) is 27.8 Å². The van der Waals surface area contributed by atoms with E-state index in [9.17, 15) is 9.18 Å². The topological polar surface area (TPSA) is 26.3 Å². The normalized spacial score (nSPS) is 13.4. The maximum absolute atomic E-state index is 14.4. The SMILES string of the molecule is CC.CSc1c(F)cc(C2=C(c3ccccc3)C(=O)OC2)c(C)c1C. The van der Waals surface area contributed by atoms with E-state index in [1.807, 2.05) is 64.3 Å². The zero-order chi connectivity index (χ0) is 18.6. The Hall–Kier alpha value is -2.07. The summed E-state index contributed by atoms with van der Waals surface area (Å²) in [5.74, 6) is -0.604. The molecule has 0 N–H and O–H groups in total. The lowest BCUT2D eigenvalue weighted by Crippen LogP contribution is -2.00. The van der Waals surface area contributed by atoms with Crippen molar-refractivity contribution in [2.24, 2.45) is 0 Å². The average Bonchev–Trinajstić information content (AvgIpc) is 3.02. The van der Waals surface area contributed by atoms with Gasteiger partial charge in [0, 0.05) is 10.5 Å². The number of thioether (sulfide) groups is 1. The van der Waals surface area contributed by atoms with Crippen LogP contribution in [-0.4, -0.2) is 18.8 Å². The second kappa shape index (κ2) is 8.34. The Morgan fingerprint density at radius 2 is 1.72 bits per heavy atom. The van der Waals surface area contributed by atoms with Gasteiger partial charge in [-0.1, -0.05) is 44.2 Å². The Morgan fingerprint density at radius 1 is 1.08 bits per heavy atom. The first-order chi connectivity index (χ1) is 12.0. The fourth-order valence-electron chi connectivity index (χ4n) is 2.93. The number of carbonyl (C=O) groups is 1. The minimum absolute atomic E-state index is 0.182. The van der Waals surface area contributed by atoms with Crippen molar-refractivity contribution < 1.29 is 13.9 Å². The molecule has 2 aromatic carbocycles. The third-order valence-electron chi connectivity index (χ3n) is 4.24. The first-order valence-electron chi connectivity index (χ1n) is 8.34. The predicted molar refractivity (Wildman–Crippen MR) is 103 cm³/mol. The van der Waals surface area contributed by atoms with Crippen molar-refractivity contribution in [3.8, 4) is 0 Å². The molecule has 1 heterocycles. The molecule has 3 rings (SSSR count). The Morgan fingerprint density at radius 3 is 2.32 bits per heavy atom. The van der Waals surface area contributed by atoms with Gasteiger partial charge in [0.15, 0.2) is 0 Å². The van der Waals surface area contributed by atoms with Crippen LogP contribution in [0.25, 0.3) is 11.1 Å². The predicted octanol–water partition coefficient (Wildman–Crippen LogP) is 5.66. The fourth-order valence-corrected chi connectivity index (χ4v) is 3.64. The van der Waals surface area contributed by atoms with Crippen molar-refractivity contribution >= 4 is 28.9 Å². The van der Waals surface area contributed by atoms with Gasteiger partial charge in [0.1, 0.15) is 12.4 Å². The standard InChI is InChI=1S/C19H17FO2S.C2H6/c1-11-12(2)18(23-3)16(20)9-14(11)15-10-22-19(21)17(15)13-7-5-4-6-8-13;1-2/h4-9H,10H2,1-3H3;1-2H3. The van der Waals surface area contributed by atoms with Gasteiger partial charge in [-0.3, -0.25) is 0 Å². The van der Waals surface area contributed by atoms with E-state index >= 15 is 0 Å². The maximum atomic E-state index is 14.4. The van der Waals surface area contributed by atoms with E-state index in [1.165, 1.54) is 17.8 Å². The molecule has 0 amide bonds. The molecular formula is C21H23FO2S. The molecule has 1 aliphatic rings. The number of esters is 1. The van der Waals surface area contributed by atoms with E-state index in [0.29, 0.717) is 10.5 Å². The molecule has 25 heavy (non-hydrogen) atoms. The molecule has 0 fully saturated rings. The molecule has 0 atom stereocenters. The van der Waals surface area contributed by atoms with Crippen molar-refractivity contribution in [3.63, 3.8) is 0 Å². The summed E-state index contributed by atoms with van der Waals surface area (Å²) < 4.78 is 19.6. The summed E-state index contributed by atoms with van der Waals surface area (Å²) in [7, 11) is 0. The first kappa shape index (κ1) is 19.3. The molecular weight excluding hydrogens is 335 g/mol. The molecule has 0 unspecified atom stereocenters. The minimum Gasteiger partial charge on any atom is -0.457 e. The molecule has 2 nitrogen and oxygen atoms in total. The zero-order valence-corrected chi connectivity index (χ0v) is 16.1. The highest BCUT2D eigenvalue weighted by Crippen LogP contribution is 2.37. The van der Waals surface area contributed by atoms with Gasteiger partial charge in [0.25, 0.3) is 0 Å². The molecule has 0 saturated carbocycles. The summed E-state index contributed by atoms with van der Waals surface area (Å²) in [6.45, 7) is 8.05. The van der Waals surface area contributed by atoms with Gasteiger partial charge < -0.3 is 4.74 Å². The molecule has 4 heteroatoms. The van der Waals surface area contributed by atoms with Crippen molar-refractivity contribution in [2.75, 3.05) is 12.9 Å². The molecule has 2 aromatic rings. The van der Waals surface area contributed by atoms with Crippen LogP contribution in [0.1, 0.15) is 36.1 Å². The number of carbonyl (C=O) groups excluding carboxylic acids is 1. The van der Waals surface area contributed by atoms with Crippen molar-refractivity contribution in [2.45, 2.75) is 32.6 Å². The van der Waals surface area contributed by atoms with Crippen LogP contribution in [0.4, 0.5) is 4.39 Å². The minimum atomic E-state index is -0.349. The number of ether oxygens (including phenoxy) is 1. The van der Waals surface area contributed by atoms with Crippen molar-refractivity contribution in [1.29, 1.82) is 0 Å². The molecule has 132 valence electrons. The lowest BCUT2D eigenvalue weighted by atomic mass is 9.92. The summed E-state index contributed by atoms with van der Waals surface area (Å²) in [6.07, 6.45) is 1.86. The van der Waals surface area contributed by atoms with Crippen LogP contribution in [-0.2, 0) is 9.53 Å². The van der Waals surface area contributed by atoms with Crippen molar-refractivity contribution in [1.82, 2.24) is 0 Å². The zero-order valence-electron chi connectivity index (χ0n) is 15.3. The molecule has 0 radical (unpaired) electrons. The summed E-state index contributed by atoms with van der Waals surface area (Å²) in [6, 6.07) is 10.9. The lowest BCUT2D eigenvalue weighted by molar-refractivity contribution is -0.133. The van der Waals surface area contributed by atoms with E-state index in [1.54, 1.807) is 0 Å². The molecule has 0 spiro atoms. The number of hydrogen-bond acceptors (Lipinski definition) is 3. The highest BCUT2D eigenvalue weighted by Gasteiger charge is 2.29. The van der Waals surface area contributed by atoms with E-state index in [-0.39, 0.29) is 18.4 Å². The summed E-state index contributed by atoms with van der Waals surface area (Å²) >= 11 is 1.40. The Bertz CT molecular complexity index is 810. The Kier molecular flexibility index (Phi) is 6.43. The smallest absolute Gasteiger partial charge is 0.339 e. The number of cyclic esters (lactones) is 1. The number of benzene rings is 2. The van der Waals surface area contributed by atoms with Crippen LogP contribution in [0.3, 0.4) is 0 Å². The van der Waals surface area contributed by atoms with Crippen LogP contribution < -0.4 is 0 Å². The average molecular weight is 358 g/mol. The number of halogens is 1. The molecule has 0 saturated heterocycles. The van der Waals surface area contributed by atoms with Crippen molar-refractivity contribution in [3.05, 3.63) is 64.5 Å². The quantitative estimate of drug-likeness (QED) is 0.523. The van der Waals surface area contributed by atoms with Crippen LogP contribution >= 0.6 is 11.8 Å². The molecule has 0 aliphatic carbocycles. The van der Waals surface area contributed by atoms with Crippen LogP contribution in [0.15, 0.2) is 41.3 Å². The van der Waals surface area contributed by atoms with Gasteiger partial charge in [-0.15, -0.1) is 11.8 Å². The van der Waals surface area contributed by atoms with E-state index in [2.05, 4.69) is 0 Å². The Labute approximate surface area is 153 Å². The third kappa shape index (κ3) is 3.64. The Balaban J connectivity index is 0.00000109. The maximum Gasteiger partial charge on any atom is 0.339 e. The highest BCUT2D eigenvalue weighted by atomic mass is 32.2. The summed E-state index contributed by atoms with van der Waals surface area (Å²) in [4.78, 5) is 12.8. The van der Waals surface area contributed by atoms with Crippen LogP contribution in [0, 0.1) is 19.7 Å². The third-order valence-corrected chi connectivity index (χ3v) is 5.15. The van der Waals surface area contributed by atoms with E-state index in [4.69, 9.17) is 4.74 Å². The number of hydrogen-bond donors (Lipinski definition) is 0. The van der Waals surface area contributed by atoms with E-state index < -0.39 is 0 Å². The van der Waals surface area contributed by atoms with Gasteiger partial charge in [0.05, 0.1) is 5.57 Å². The molecule has 0 bridgehead atoms. The van der Waals surface area contributed by atoms with Gasteiger partial charge in [-0.2, -0.15) is 0 Å². The molecule has 0 aromatic heterocycles. The lowest BCUT2D eigenvalue weighted by Gasteiger charge is -2.14. The molecule has 1 aliphatic heterocycles. The van der Waals surface area contributed by atoms with Gasteiger partial charge >= 0.3 is 5.97 Å². The second-order valence-electron chi connectivity index (χ2n) is 5.48. The second-order valence-corrected chi connectivity index (χ2v) is 6.30. The van der Waals surface area contributed by atoms with Gasteiger partial charge in [0.2, 0.25) is 0 Å². The summed E-state index contributed by atoms with van der Waals surface area (Å²) in [5, 5.41) is 0. The monoisotopic (exact) mass is 358 g/mol. The number of rotatable bonds is 3. The fraction of sp³-hybridized carbons (Fsp3) is 0.286. The van der Waals surface area contributed by atoms with Gasteiger partial charge in [-0.05, 0) is 48.4 Å². The largest absolute Gasteiger partial charge is 0.457 e. The van der Waals surface area contributed by atoms with Gasteiger partial charge in [-0.25, -0.2) is 9.18 Å². The highest BCUT2D eigenvalue weighted by molar-refractivity contribution is 7.98. The first-order valence-corrected chi connectivity index (χ1v) is 9.56.